The number of ether oxygens (including phenoxy) is 1. The van der Waals surface area contributed by atoms with Crippen molar-refractivity contribution in [2.75, 3.05) is 44.7 Å². The first-order chi connectivity index (χ1) is 12.4. The van der Waals surface area contributed by atoms with Crippen LogP contribution in [0.3, 0.4) is 0 Å². The Morgan fingerprint density at radius 2 is 1.96 bits per heavy atom. The second kappa shape index (κ2) is 7.01. The monoisotopic (exact) mass is 397 g/mol. The highest BCUT2D eigenvalue weighted by atomic mass is 35.5. The molecule has 2 aliphatic rings. The second-order valence-corrected chi connectivity index (χ2v) is 7.00. The van der Waals surface area contributed by atoms with Gasteiger partial charge in [-0.2, -0.15) is 0 Å². The van der Waals surface area contributed by atoms with Gasteiger partial charge < -0.3 is 19.6 Å². The summed E-state index contributed by atoms with van der Waals surface area (Å²) < 4.78 is 21.9. The molecule has 0 spiro atoms. The summed E-state index contributed by atoms with van der Waals surface area (Å²) in [4.78, 5) is 28.1. The lowest BCUT2D eigenvalue weighted by Crippen LogP contribution is -2.45. The lowest BCUT2D eigenvalue weighted by molar-refractivity contribution is 0.0694. The number of hydrogen-bond donors (Lipinski definition) is 1. The van der Waals surface area contributed by atoms with Gasteiger partial charge >= 0.3 is 5.97 Å². The molecule has 27 heavy (non-hydrogen) atoms. The predicted molar refractivity (Wildman–Crippen MR) is 101 cm³/mol. The highest BCUT2D eigenvalue weighted by Crippen LogP contribution is 2.42. The minimum Gasteiger partial charge on any atom is -0.488 e. The number of hydrogen-bond acceptors (Lipinski definition) is 5. The van der Waals surface area contributed by atoms with E-state index in [4.69, 9.17) is 4.74 Å². The summed E-state index contributed by atoms with van der Waals surface area (Å²) in [7, 11) is 2.02. The first-order valence-corrected chi connectivity index (χ1v) is 8.60. The number of pyridine rings is 2. The minimum atomic E-state index is -1.32. The lowest BCUT2D eigenvalue weighted by Gasteiger charge is -2.36. The summed E-state index contributed by atoms with van der Waals surface area (Å²) in [6.07, 6.45) is 1.09. The quantitative estimate of drug-likeness (QED) is 0.833. The van der Waals surface area contributed by atoms with Gasteiger partial charge in [-0.15, -0.1) is 12.4 Å². The van der Waals surface area contributed by atoms with Gasteiger partial charge in [-0.3, -0.25) is 9.20 Å². The SMILES string of the molecule is C[C@@H]1COc2c(N3CCN(C)CC3)c(F)cn3c(=O)c(C(=O)O)cc1c23.Cl. The van der Waals surface area contributed by atoms with Crippen molar-refractivity contribution in [1.29, 1.82) is 0 Å². The van der Waals surface area contributed by atoms with Crippen molar-refractivity contribution >= 4 is 29.6 Å². The van der Waals surface area contributed by atoms with Crippen LogP contribution < -0.4 is 15.2 Å². The van der Waals surface area contributed by atoms with E-state index in [-0.39, 0.29) is 23.9 Å². The number of rotatable bonds is 2. The van der Waals surface area contributed by atoms with E-state index in [1.807, 2.05) is 18.9 Å². The fourth-order valence-corrected chi connectivity index (χ4v) is 3.70. The first-order valence-electron chi connectivity index (χ1n) is 8.60. The first kappa shape index (κ1) is 19.4. The Kier molecular flexibility index (Phi) is 5.05. The molecule has 1 N–H and O–H groups in total. The van der Waals surface area contributed by atoms with Gasteiger partial charge in [0.05, 0.1) is 18.3 Å². The van der Waals surface area contributed by atoms with Crippen molar-refractivity contribution in [3.63, 3.8) is 0 Å². The molecule has 9 heteroatoms. The van der Waals surface area contributed by atoms with Crippen LogP contribution >= 0.6 is 12.4 Å². The summed E-state index contributed by atoms with van der Waals surface area (Å²) in [5, 5.41) is 9.32. The molecule has 0 amide bonds. The summed E-state index contributed by atoms with van der Waals surface area (Å²) in [5.41, 5.74) is 0.407. The van der Waals surface area contributed by atoms with E-state index in [2.05, 4.69) is 4.90 Å². The van der Waals surface area contributed by atoms with Crippen molar-refractivity contribution in [2.45, 2.75) is 12.8 Å². The molecule has 0 unspecified atom stereocenters. The molecule has 2 aliphatic heterocycles. The van der Waals surface area contributed by atoms with E-state index in [1.54, 1.807) is 0 Å². The van der Waals surface area contributed by atoms with Crippen LogP contribution in [0.25, 0.3) is 5.52 Å². The van der Waals surface area contributed by atoms with Gasteiger partial charge in [0.1, 0.15) is 11.3 Å². The summed E-state index contributed by atoms with van der Waals surface area (Å²) in [6, 6.07) is 1.41. The zero-order valence-electron chi connectivity index (χ0n) is 15.1. The van der Waals surface area contributed by atoms with Crippen LogP contribution in [0.2, 0.25) is 0 Å². The van der Waals surface area contributed by atoms with Crippen LogP contribution in [-0.2, 0) is 0 Å². The molecule has 1 saturated heterocycles. The molecule has 7 nitrogen and oxygen atoms in total. The molecule has 1 fully saturated rings. The van der Waals surface area contributed by atoms with Crippen LogP contribution in [-0.4, -0.2) is 60.2 Å². The van der Waals surface area contributed by atoms with Crippen molar-refractivity contribution in [2.24, 2.45) is 0 Å². The maximum absolute atomic E-state index is 15.0. The van der Waals surface area contributed by atoms with E-state index < -0.39 is 17.3 Å². The highest BCUT2D eigenvalue weighted by molar-refractivity contribution is 5.90. The molecule has 4 rings (SSSR count). The van der Waals surface area contributed by atoms with Gasteiger partial charge in [0.25, 0.3) is 5.56 Å². The van der Waals surface area contributed by atoms with Gasteiger partial charge in [-0.05, 0) is 18.7 Å². The Bertz CT molecular complexity index is 969. The predicted octanol–water partition coefficient (Wildman–Crippen LogP) is 1.81. The second-order valence-electron chi connectivity index (χ2n) is 7.00. The zero-order valence-corrected chi connectivity index (χ0v) is 15.9. The van der Waals surface area contributed by atoms with Crippen molar-refractivity contribution in [1.82, 2.24) is 9.30 Å². The molecule has 2 aromatic heterocycles. The third-order valence-electron chi connectivity index (χ3n) is 5.22. The zero-order chi connectivity index (χ0) is 18.6. The Hall–Kier alpha value is -2.32. The number of carboxylic acids is 1. The van der Waals surface area contributed by atoms with Crippen LogP contribution in [0.4, 0.5) is 10.1 Å². The number of likely N-dealkylation sites (N-methyl/N-ethyl adjacent to an activating group) is 1. The number of halogens is 2. The fraction of sp³-hybridized carbons (Fsp3) is 0.444. The van der Waals surface area contributed by atoms with Gasteiger partial charge in [-0.1, -0.05) is 6.92 Å². The Morgan fingerprint density at radius 1 is 1.30 bits per heavy atom. The summed E-state index contributed by atoms with van der Waals surface area (Å²) in [6.45, 7) is 5.12. The number of carboxylic acid groups (broad SMARTS) is 1. The van der Waals surface area contributed by atoms with E-state index in [9.17, 15) is 19.1 Å². The van der Waals surface area contributed by atoms with Crippen molar-refractivity contribution < 1.29 is 19.0 Å². The fourth-order valence-electron chi connectivity index (χ4n) is 3.70. The molecule has 146 valence electrons. The number of aromatic nitrogens is 1. The molecular weight excluding hydrogens is 377 g/mol. The van der Waals surface area contributed by atoms with Gasteiger partial charge in [-0.25, -0.2) is 9.18 Å². The average molecular weight is 398 g/mol. The number of nitrogens with zero attached hydrogens (tertiary/aromatic N) is 3. The van der Waals surface area contributed by atoms with Crippen LogP contribution in [0, 0.1) is 5.82 Å². The average Bonchev–Trinajstić information content (AvgIpc) is 2.60. The van der Waals surface area contributed by atoms with Crippen LogP contribution in [0.1, 0.15) is 28.8 Å². The highest BCUT2D eigenvalue weighted by Gasteiger charge is 2.31. The number of anilines is 1. The molecule has 0 aliphatic carbocycles. The molecule has 2 aromatic rings. The topological polar surface area (TPSA) is 74.5 Å². The maximum Gasteiger partial charge on any atom is 0.341 e. The third kappa shape index (κ3) is 3.02. The summed E-state index contributed by atoms with van der Waals surface area (Å²) in [5.74, 6) is -1.66. The van der Waals surface area contributed by atoms with E-state index in [0.29, 0.717) is 42.2 Å². The Balaban J connectivity index is 0.00000210. The standard InChI is InChI=1S/C18H20FN3O4.ClH/c1-10-9-26-16-14-11(10)7-12(18(24)25)17(23)22(14)8-13(19)15(16)21-5-3-20(2)4-6-21;/h7-8,10H,3-6,9H2,1-2H3,(H,24,25);1H/t10-;/m1./s1. The maximum atomic E-state index is 15.0. The molecule has 0 radical (unpaired) electrons. The molecule has 4 heterocycles. The third-order valence-corrected chi connectivity index (χ3v) is 5.22. The molecule has 0 aromatic carbocycles. The van der Waals surface area contributed by atoms with Gasteiger partial charge in [0, 0.05) is 32.1 Å². The van der Waals surface area contributed by atoms with Crippen molar-refractivity contribution in [3.8, 4) is 5.75 Å². The number of carbonyl (C=O) groups is 1. The Labute approximate surface area is 161 Å². The number of aromatic carboxylic acids is 1. The normalized spacial score (nSPS) is 19.5. The molecule has 0 saturated carbocycles. The Morgan fingerprint density at radius 3 is 2.59 bits per heavy atom. The summed E-state index contributed by atoms with van der Waals surface area (Å²) >= 11 is 0. The van der Waals surface area contributed by atoms with Crippen LogP contribution in [0.15, 0.2) is 17.1 Å². The van der Waals surface area contributed by atoms with E-state index >= 15 is 0 Å². The molecular formula is C18H21ClFN3O4. The number of piperazine rings is 1. The van der Waals surface area contributed by atoms with Crippen molar-refractivity contribution in [3.05, 3.63) is 39.6 Å². The van der Waals surface area contributed by atoms with Crippen LogP contribution in [0.5, 0.6) is 5.75 Å². The lowest BCUT2D eigenvalue weighted by atomic mass is 9.96. The smallest absolute Gasteiger partial charge is 0.341 e. The molecule has 1 atom stereocenters. The van der Waals surface area contributed by atoms with Gasteiger partial charge in [0.2, 0.25) is 0 Å². The minimum absolute atomic E-state index is 0. The molecule has 0 bridgehead atoms. The van der Waals surface area contributed by atoms with E-state index in [0.717, 1.165) is 23.7 Å². The van der Waals surface area contributed by atoms with E-state index in [1.165, 1.54) is 6.07 Å². The van der Waals surface area contributed by atoms with Gasteiger partial charge in [0.15, 0.2) is 11.6 Å². The largest absolute Gasteiger partial charge is 0.488 e.